The fourth-order valence-corrected chi connectivity index (χ4v) is 3.15. The first-order chi connectivity index (χ1) is 9.08. The molecule has 0 radical (unpaired) electrons. The van der Waals surface area contributed by atoms with Gasteiger partial charge in [-0.15, -0.1) is 0 Å². The van der Waals surface area contributed by atoms with E-state index in [1.54, 1.807) is 6.92 Å². The monoisotopic (exact) mass is 278 g/mol. The molecular weight excluding hydrogens is 260 g/mol. The molecule has 19 heavy (non-hydrogen) atoms. The number of likely N-dealkylation sites (tertiary alicyclic amines) is 1. The zero-order valence-corrected chi connectivity index (χ0v) is 11.8. The number of nitrogens with two attached hydrogens (primary N) is 1. The van der Waals surface area contributed by atoms with Gasteiger partial charge in [-0.1, -0.05) is 36.0 Å². The van der Waals surface area contributed by atoms with E-state index < -0.39 is 0 Å². The van der Waals surface area contributed by atoms with Crippen molar-refractivity contribution >= 4 is 22.8 Å². The Morgan fingerprint density at radius 3 is 2.58 bits per heavy atom. The van der Waals surface area contributed by atoms with Crippen molar-refractivity contribution < 1.29 is 9.59 Å². The van der Waals surface area contributed by atoms with E-state index in [4.69, 9.17) is 5.73 Å². The topological polar surface area (TPSA) is 63.4 Å². The molecule has 1 amide bonds. The summed E-state index contributed by atoms with van der Waals surface area (Å²) in [5.41, 5.74) is 7.73. The lowest BCUT2D eigenvalue weighted by atomic mass is 10.1. The van der Waals surface area contributed by atoms with E-state index in [-0.39, 0.29) is 16.3 Å². The second-order valence-corrected chi connectivity index (χ2v) is 6.21. The van der Waals surface area contributed by atoms with Gasteiger partial charge in [-0.05, 0) is 11.1 Å². The molecule has 0 spiro atoms. The summed E-state index contributed by atoms with van der Waals surface area (Å²) in [5, 5.41) is 0.181. The first kappa shape index (κ1) is 14.1. The van der Waals surface area contributed by atoms with E-state index in [0.29, 0.717) is 26.1 Å². The van der Waals surface area contributed by atoms with Gasteiger partial charge in [0.05, 0.1) is 0 Å². The number of carbonyl (C=O) groups is 2. The molecule has 102 valence electrons. The molecule has 5 heteroatoms. The van der Waals surface area contributed by atoms with Gasteiger partial charge in [0.1, 0.15) is 0 Å². The summed E-state index contributed by atoms with van der Waals surface area (Å²) in [7, 11) is 0. The minimum atomic E-state index is 0.0759. The standard InChI is InChI=1S/C14H18N2O2S/c1-10(17)19-13-6-14(18)16(9-13)8-12-4-2-11(7-15)3-5-12/h2-5,13H,6-9,15H2,1H3. The molecule has 1 unspecified atom stereocenters. The number of amides is 1. The summed E-state index contributed by atoms with van der Waals surface area (Å²) in [5.74, 6) is 0.127. The Morgan fingerprint density at radius 2 is 2.00 bits per heavy atom. The van der Waals surface area contributed by atoms with Crippen LogP contribution in [0.4, 0.5) is 0 Å². The van der Waals surface area contributed by atoms with E-state index in [0.717, 1.165) is 11.1 Å². The second-order valence-electron chi connectivity index (χ2n) is 4.73. The van der Waals surface area contributed by atoms with E-state index in [1.807, 2.05) is 29.2 Å². The molecule has 1 atom stereocenters. The van der Waals surface area contributed by atoms with E-state index in [9.17, 15) is 9.59 Å². The average Bonchev–Trinajstić information content (AvgIpc) is 2.69. The Bertz CT molecular complexity index is 473. The maximum Gasteiger partial charge on any atom is 0.224 e. The molecule has 2 N–H and O–H groups in total. The van der Waals surface area contributed by atoms with Crippen molar-refractivity contribution in [3.63, 3.8) is 0 Å². The molecule has 1 heterocycles. The molecule has 0 bridgehead atoms. The summed E-state index contributed by atoms with van der Waals surface area (Å²) in [4.78, 5) is 24.8. The third-order valence-corrected chi connectivity index (χ3v) is 4.12. The Morgan fingerprint density at radius 1 is 1.37 bits per heavy atom. The number of rotatable bonds is 4. The van der Waals surface area contributed by atoms with Crippen molar-refractivity contribution in [3.05, 3.63) is 35.4 Å². The number of thioether (sulfide) groups is 1. The van der Waals surface area contributed by atoms with Crippen molar-refractivity contribution in [2.75, 3.05) is 6.54 Å². The van der Waals surface area contributed by atoms with Crippen LogP contribution in [0.15, 0.2) is 24.3 Å². The maximum absolute atomic E-state index is 11.9. The molecule has 0 aromatic heterocycles. The van der Waals surface area contributed by atoms with Gasteiger partial charge in [0.25, 0.3) is 0 Å². The Kier molecular flexibility index (Phi) is 4.61. The molecule has 1 saturated heterocycles. The number of carbonyl (C=O) groups excluding carboxylic acids is 2. The molecule has 0 saturated carbocycles. The molecule has 1 aromatic carbocycles. The number of hydrogen-bond acceptors (Lipinski definition) is 4. The zero-order chi connectivity index (χ0) is 13.8. The van der Waals surface area contributed by atoms with Gasteiger partial charge in [0, 0.05) is 38.2 Å². The fourth-order valence-electron chi connectivity index (χ4n) is 2.20. The van der Waals surface area contributed by atoms with Crippen LogP contribution < -0.4 is 5.73 Å². The lowest BCUT2D eigenvalue weighted by Crippen LogP contribution is -2.25. The highest BCUT2D eigenvalue weighted by Gasteiger charge is 2.30. The summed E-state index contributed by atoms with van der Waals surface area (Å²) < 4.78 is 0. The zero-order valence-electron chi connectivity index (χ0n) is 11.0. The number of hydrogen-bond donors (Lipinski definition) is 1. The lowest BCUT2D eigenvalue weighted by molar-refractivity contribution is -0.128. The van der Waals surface area contributed by atoms with Crippen LogP contribution in [-0.2, 0) is 22.7 Å². The molecular formula is C14H18N2O2S. The van der Waals surface area contributed by atoms with Crippen LogP contribution in [-0.4, -0.2) is 27.7 Å². The minimum Gasteiger partial charge on any atom is -0.337 e. The molecule has 1 aromatic rings. The van der Waals surface area contributed by atoms with Gasteiger partial charge in [-0.3, -0.25) is 9.59 Å². The van der Waals surface area contributed by atoms with Gasteiger partial charge < -0.3 is 10.6 Å². The highest BCUT2D eigenvalue weighted by atomic mass is 32.2. The van der Waals surface area contributed by atoms with Gasteiger partial charge in [-0.25, -0.2) is 0 Å². The lowest BCUT2D eigenvalue weighted by Gasteiger charge is -2.16. The van der Waals surface area contributed by atoms with E-state index in [1.165, 1.54) is 11.8 Å². The van der Waals surface area contributed by atoms with Gasteiger partial charge in [-0.2, -0.15) is 0 Å². The predicted molar refractivity (Wildman–Crippen MR) is 76.4 cm³/mol. The summed E-state index contributed by atoms with van der Waals surface area (Å²) in [6, 6.07) is 7.97. The van der Waals surface area contributed by atoms with Crippen LogP contribution in [0, 0.1) is 0 Å². The van der Waals surface area contributed by atoms with Crippen LogP contribution in [0.25, 0.3) is 0 Å². The van der Waals surface area contributed by atoms with E-state index >= 15 is 0 Å². The molecule has 1 aliphatic rings. The molecule has 2 rings (SSSR count). The molecule has 0 aliphatic carbocycles. The Balaban J connectivity index is 1.95. The maximum atomic E-state index is 11.9. The smallest absolute Gasteiger partial charge is 0.224 e. The van der Waals surface area contributed by atoms with E-state index in [2.05, 4.69) is 0 Å². The normalized spacial score (nSPS) is 18.9. The highest BCUT2D eigenvalue weighted by molar-refractivity contribution is 8.14. The van der Waals surface area contributed by atoms with Gasteiger partial charge >= 0.3 is 0 Å². The van der Waals surface area contributed by atoms with Crippen LogP contribution in [0.5, 0.6) is 0 Å². The van der Waals surface area contributed by atoms with Crippen LogP contribution in [0.1, 0.15) is 24.5 Å². The van der Waals surface area contributed by atoms with Crippen molar-refractivity contribution in [3.8, 4) is 0 Å². The van der Waals surface area contributed by atoms with Crippen molar-refractivity contribution in [1.29, 1.82) is 0 Å². The van der Waals surface area contributed by atoms with Crippen LogP contribution in [0.2, 0.25) is 0 Å². The van der Waals surface area contributed by atoms with Crippen molar-refractivity contribution in [2.45, 2.75) is 31.7 Å². The first-order valence-corrected chi connectivity index (χ1v) is 7.19. The minimum absolute atomic E-state index is 0.0759. The fraction of sp³-hybridized carbons (Fsp3) is 0.429. The van der Waals surface area contributed by atoms with Crippen molar-refractivity contribution in [2.24, 2.45) is 5.73 Å². The Hall–Kier alpha value is -1.33. The highest BCUT2D eigenvalue weighted by Crippen LogP contribution is 2.25. The summed E-state index contributed by atoms with van der Waals surface area (Å²) in [6.45, 7) is 3.34. The summed E-state index contributed by atoms with van der Waals surface area (Å²) in [6.07, 6.45) is 0.463. The third-order valence-electron chi connectivity index (χ3n) is 3.14. The Labute approximate surface area is 117 Å². The molecule has 4 nitrogen and oxygen atoms in total. The third kappa shape index (κ3) is 3.81. The van der Waals surface area contributed by atoms with Crippen LogP contribution >= 0.6 is 11.8 Å². The largest absolute Gasteiger partial charge is 0.337 e. The molecule has 1 aliphatic heterocycles. The predicted octanol–water partition coefficient (Wildman–Crippen LogP) is 1.53. The average molecular weight is 278 g/mol. The second kappa shape index (κ2) is 6.21. The number of benzene rings is 1. The molecule has 1 fully saturated rings. The van der Waals surface area contributed by atoms with Crippen molar-refractivity contribution in [1.82, 2.24) is 4.90 Å². The van der Waals surface area contributed by atoms with Gasteiger partial charge in [0.2, 0.25) is 5.91 Å². The quantitative estimate of drug-likeness (QED) is 0.907. The van der Waals surface area contributed by atoms with Crippen LogP contribution in [0.3, 0.4) is 0 Å². The number of nitrogens with zero attached hydrogens (tertiary/aromatic N) is 1. The summed E-state index contributed by atoms with van der Waals surface area (Å²) >= 11 is 1.27. The van der Waals surface area contributed by atoms with Gasteiger partial charge in [0.15, 0.2) is 5.12 Å². The SMILES string of the molecule is CC(=O)SC1CC(=O)N(Cc2ccc(CN)cc2)C1. The first-order valence-electron chi connectivity index (χ1n) is 6.31.